The molecule has 2 aromatic rings. The molecule has 5 nitrogen and oxygen atoms in total. The van der Waals surface area contributed by atoms with Gasteiger partial charge in [0.15, 0.2) is 11.5 Å². The van der Waals surface area contributed by atoms with Crippen LogP contribution < -0.4 is 0 Å². The van der Waals surface area contributed by atoms with Crippen LogP contribution in [0.4, 0.5) is 0 Å². The van der Waals surface area contributed by atoms with Crippen LogP contribution in [0.5, 0.6) is 0 Å². The van der Waals surface area contributed by atoms with Crippen molar-refractivity contribution in [1.82, 2.24) is 15.0 Å². The molecule has 0 radical (unpaired) electrons. The smallest absolute Gasteiger partial charge is 0.217 e. The maximum Gasteiger partial charge on any atom is 0.217 e. The average molecular weight is 235 g/mol. The Balaban J connectivity index is 2.33. The summed E-state index contributed by atoms with van der Waals surface area (Å²) in [6.07, 6.45) is 1.35. The van der Waals surface area contributed by atoms with Crippen molar-refractivity contribution in [1.29, 1.82) is 0 Å². The number of nitrogens with one attached hydrogen (secondary N) is 1. The number of ether oxygens (including phenoxy) is 2. The van der Waals surface area contributed by atoms with E-state index in [1.165, 1.54) is 0 Å². The molecule has 2 rings (SSSR count). The molecular formula is C12H17N3O2. The van der Waals surface area contributed by atoms with Crippen molar-refractivity contribution >= 4 is 11.2 Å². The minimum absolute atomic E-state index is 0.445. The fourth-order valence-corrected chi connectivity index (χ4v) is 1.64. The van der Waals surface area contributed by atoms with Crippen LogP contribution in [0.15, 0.2) is 12.3 Å². The predicted octanol–water partition coefficient (Wildman–Crippen LogP) is 2.34. The Morgan fingerprint density at radius 3 is 2.65 bits per heavy atom. The fraction of sp³-hybridized carbons (Fsp3) is 0.500. The Morgan fingerprint density at radius 2 is 2.00 bits per heavy atom. The molecular weight excluding hydrogens is 218 g/mol. The molecule has 0 aromatic carbocycles. The third-order valence-electron chi connectivity index (χ3n) is 2.35. The summed E-state index contributed by atoms with van der Waals surface area (Å²) in [5.74, 6) is 0.668. The van der Waals surface area contributed by atoms with E-state index in [-0.39, 0.29) is 0 Å². The van der Waals surface area contributed by atoms with Crippen LogP contribution in [0.2, 0.25) is 0 Å². The monoisotopic (exact) mass is 235 g/mol. The van der Waals surface area contributed by atoms with E-state index < -0.39 is 6.29 Å². The number of imidazole rings is 1. The van der Waals surface area contributed by atoms with Gasteiger partial charge in [0, 0.05) is 19.4 Å². The molecule has 0 aliphatic carbocycles. The molecule has 0 bridgehead atoms. The summed E-state index contributed by atoms with van der Waals surface area (Å²) in [5.41, 5.74) is 2.69. The molecule has 0 atom stereocenters. The molecule has 0 spiro atoms. The number of pyridine rings is 1. The first-order valence-electron chi connectivity index (χ1n) is 5.80. The molecule has 2 aromatic heterocycles. The number of hydrogen-bond donors (Lipinski definition) is 1. The van der Waals surface area contributed by atoms with Crippen LogP contribution in [0.3, 0.4) is 0 Å². The van der Waals surface area contributed by atoms with E-state index in [0.717, 1.165) is 11.1 Å². The third-order valence-corrected chi connectivity index (χ3v) is 2.35. The summed E-state index contributed by atoms with van der Waals surface area (Å²) in [6, 6.07) is 2.01. The predicted molar refractivity (Wildman–Crippen MR) is 64.6 cm³/mol. The lowest BCUT2D eigenvalue weighted by molar-refractivity contribution is -0.144. The number of aryl methyl sites for hydroxylation is 1. The van der Waals surface area contributed by atoms with Crippen LogP contribution in [0.1, 0.15) is 31.5 Å². The third kappa shape index (κ3) is 2.62. The second kappa shape index (κ2) is 5.25. The van der Waals surface area contributed by atoms with Crippen LogP contribution in [-0.2, 0) is 9.47 Å². The number of fused-ring (bicyclic) bond motifs is 1. The molecule has 0 saturated carbocycles. The van der Waals surface area contributed by atoms with Crippen molar-refractivity contribution in [3.8, 4) is 0 Å². The number of nitrogens with zero attached hydrogens (tertiary/aromatic N) is 2. The lowest BCUT2D eigenvalue weighted by Crippen LogP contribution is -2.10. The topological polar surface area (TPSA) is 60.0 Å². The van der Waals surface area contributed by atoms with Gasteiger partial charge < -0.3 is 14.5 Å². The summed E-state index contributed by atoms with van der Waals surface area (Å²) in [7, 11) is 0. The van der Waals surface area contributed by atoms with Crippen molar-refractivity contribution < 1.29 is 9.47 Å². The molecule has 17 heavy (non-hydrogen) atoms. The number of aromatic amines is 1. The van der Waals surface area contributed by atoms with Gasteiger partial charge in [-0.1, -0.05) is 0 Å². The van der Waals surface area contributed by atoms with Gasteiger partial charge in [-0.2, -0.15) is 0 Å². The second-order valence-corrected chi connectivity index (χ2v) is 3.75. The summed E-state index contributed by atoms with van der Waals surface area (Å²) in [5, 5.41) is 0. The highest BCUT2D eigenvalue weighted by Crippen LogP contribution is 2.19. The largest absolute Gasteiger partial charge is 0.346 e. The Bertz CT molecular complexity index is 489. The molecule has 5 heteroatoms. The zero-order chi connectivity index (χ0) is 12.3. The van der Waals surface area contributed by atoms with Gasteiger partial charge in [0.25, 0.3) is 0 Å². The van der Waals surface area contributed by atoms with E-state index >= 15 is 0 Å². The Kier molecular flexibility index (Phi) is 3.71. The number of aromatic nitrogens is 3. The molecule has 0 aliphatic rings. The van der Waals surface area contributed by atoms with Gasteiger partial charge in [-0.25, -0.2) is 9.97 Å². The van der Waals surface area contributed by atoms with Crippen molar-refractivity contribution in [2.45, 2.75) is 27.1 Å². The lowest BCUT2D eigenvalue weighted by Gasteiger charge is -2.13. The van der Waals surface area contributed by atoms with Gasteiger partial charge in [-0.3, -0.25) is 0 Å². The quantitative estimate of drug-likeness (QED) is 0.808. The highest BCUT2D eigenvalue weighted by Gasteiger charge is 2.16. The zero-order valence-electron chi connectivity index (χ0n) is 10.4. The Hall–Kier alpha value is -1.46. The average Bonchev–Trinajstić information content (AvgIpc) is 2.71. The highest BCUT2D eigenvalue weighted by atomic mass is 16.7. The zero-order valence-corrected chi connectivity index (χ0v) is 10.4. The maximum absolute atomic E-state index is 5.48. The minimum Gasteiger partial charge on any atom is -0.346 e. The van der Waals surface area contributed by atoms with Crippen LogP contribution in [0.25, 0.3) is 11.2 Å². The van der Waals surface area contributed by atoms with Gasteiger partial charge in [0.05, 0.1) is 5.52 Å². The lowest BCUT2D eigenvalue weighted by atomic mass is 10.3. The molecule has 0 fully saturated rings. The van der Waals surface area contributed by atoms with Gasteiger partial charge in [0.2, 0.25) is 6.29 Å². The van der Waals surface area contributed by atoms with E-state index in [2.05, 4.69) is 15.0 Å². The first-order chi connectivity index (χ1) is 8.24. The van der Waals surface area contributed by atoms with Crippen LogP contribution in [-0.4, -0.2) is 28.2 Å². The highest BCUT2D eigenvalue weighted by molar-refractivity contribution is 5.70. The SMILES string of the molecule is CCOC(OCC)c1nc2ncc(C)cc2[nH]1. The molecule has 0 saturated heterocycles. The molecule has 0 unspecified atom stereocenters. The van der Waals surface area contributed by atoms with Gasteiger partial charge in [0.1, 0.15) is 0 Å². The minimum atomic E-state index is -0.445. The molecule has 0 amide bonds. The molecule has 1 N–H and O–H groups in total. The van der Waals surface area contributed by atoms with Crippen molar-refractivity contribution in [3.05, 3.63) is 23.7 Å². The van der Waals surface area contributed by atoms with Crippen LogP contribution >= 0.6 is 0 Å². The normalized spacial score (nSPS) is 11.5. The maximum atomic E-state index is 5.48. The van der Waals surface area contributed by atoms with Gasteiger partial charge >= 0.3 is 0 Å². The van der Waals surface area contributed by atoms with Crippen molar-refractivity contribution in [3.63, 3.8) is 0 Å². The van der Waals surface area contributed by atoms with Crippen molar-refractivity contribution in [2.24, 2.45) is 0 Å². The number of hydrogen-bond acceptors (Lipinski definition) is 4. The summed E-state index contributed by atoms with van der Waals surface area (Å²) in [6.45, 7) is 7.01. The molecule has 92 valence electrons. The summed E-state index contributed by atoms with van der Waals surface area (Å²) in [4.78, 5) is 11.8. The molecule has 2 heterocycles. The van der Waals surface area contributed by atoms with E-state index in [4.69, 9.17) is 9.47 Å². The fourth-order valence-electron chi connectivity index (χ4n) is 1.64. The van der Waals surface area contributed by atoms with Gasteiger partial charge in [-0.05, 0) is 32.4 Å². The van der Waals surface area contributed by atoms with E-state index in [1.807, 2.05) is 26.8 Å². The number of rotatable bonds is 5. The number of H-pyrrole nitrogens is 1. The van der Waals surface area contributed by atoms with Crippen LogP contribution in [0, 0.1) is 6.92 Å². The van der Waals surface area contributed by atoms with E-state index in [1.54, 1.807) is 6.20 Å². The summed E-state index contributed by atoms with van der Waals surface area (Å²) >= 11 is 0. The first-order valence-corrected chi connectivity index (χ1v) is 5.80. The summed E-state index contributed by atoms with van der Waals surface area (Å²) < 4.78 is 11.0. The Labute approximate surface area is 100 Å². The first kappa shape index (κ1) is 12.0. The Morgan fingerprint density at radius 1 is 1.29 bits per heavy atom. The van der Waals surface area contributed by atoms with E-state index in [0.29, 0.717) is 24.7 Å². The molecule has 0 aliphatic heterocycles. The van der Waals surface area contributed by atoms with Gasteiger partial charge in [-0.15, -0.1) is 0 Å². The second-order valence-electron chi connectivity index (χ2n) is 3.75. The van der Waals surface area contributed by atoms with E-state index in [9.17, 15) is 0 Å². The van der Waals surface area contributed by atoms with Crippen molar-refractivity contribution in [2.75, 3.05) is 13.2 Å². The standard InChI is InChI=1S/C12H17N3O2/c1-4-16-12(17-5-2)11-14-9-6-8(3)7-13-10(9)15-11/h6-7,12H,4-5H2,1-3H3,(H,13,14,15).